The highest BCUT2D eigenvalue weighted by Crippen LogP contribution is 2.25. The summed E-state index contributed by atoms with van der Waals surface area (Å²) in [6, 6.07) is 20.6. The molecule has 0 aliphatic carbocycles. The lowest BCUT2D eigenvalue weighted by Gasteiger charge is -2.39. The fraction of sp³-hybridized carbons (Fsp3) is 0.273. The first kappa shape index (κ1) is 21.1. The van der Waals surface area contributed by atoms with Gasteiger partial charge in [-0.05, 0) is 48.5 Å². The van der Waals surface area contributed by atoms with E-state index >= 15 is 0 Å². The number of nitrogens with zero attached hydrogens (tertiary/aromatic N) is 2. The molecule has 0 spiro atoms. The zero-order valence-electron chi connectivity index (χ0n) is 16.4. The zero-order valence-corrected chi connectivity index (χ0v) is 18.8. The van der Waals surface area contributed by atoms with Crippen LogP contribution in [0.15, 0.2) is 86.8 Å². The summed E-state index contributed by atoms with van der Waals surface area (Å²) in [7, 11) is -3.61. The van der Waals surface area contributed by atoms with Gasteiger partial charge in [-0.2, -0.15) is 0 Å². The molecule has 1 N–H and O–H groups in total. The summed E-state index contributed by atoms with van der Waals surface area (Å²) in [5.74, 6) is 0.765. The van der Waals surface area contributed by atoms with Crippen LogP contribution in [-0.4, -0.2) is 46.0 Å². The van der Waals surface area contributed by atoms with Crippen LogP contribution >= 0.6 is 15.9 Å². The minimum absolute atomic E-state index is 0.164. The maximum atomic E-state index is 12.8. The molecule has 1 aromatic heterocycles. The first-order valence-corrected chi connectivity index (χ1v) is 12.1. The first-order valence-electron chi connectivity index (χ1n) is 9.85. The fourth-order valence-electron chi connectivity index (χ4n) is 3.71. The average Bonchev–Trinajstić information content (AvgIpc) is 3.30. The normalized spacial score (nSPS) is 16.5. The van der Waals surface area contributed by atoms with Crippen molar-refractivity contribution in [3.05, 3.63) is 83.2 Å². The molecule has 1 aliphatic rings. The SMILES string of the molecule is O=S(=O)(NC[C@H](c1ccco1)N1CCN(c2ccccc2)CC1)c1ccc(Br)cc1. The smallest absolute Gasteiger partial charge is 0.240 e. The van der Waals surface area contributed by atoms with Crippen molar-refractivity contribution >= 4 is 31.6 Å². The second-order valence-electron chi connectivity index (χ2n) is 7.20. The standard InChI is InChI=1S/C22H24BrN3O3S/c23-18-8-10-20(11-9-18)30(27,28)24-17-21(22-7-4-16-29-22)26-14-12-25(13-15-26)19-5-2-1-3-6-19/h1-11,16,21,24H,12-15,17H2/t21-/m1/s1. The molecule has 4 rings (SSSR count). The van der Waals surface area contributed by atoms with Crippen LogP contribution in [0.5, 0.6) is 0 Å². The van der Waals surface area contributed by atoms with Crippen LogP contribution in [0.2, 0.25) is 0 Å². The molecule has 1 fully saturated rings. The third kappa shape index (κ3) is 4.95. The van der Waals surface area contributed by atoms with Crippen molar-refractivity contribution in [1.29, 1.82) is 0 Å². The highest BCUT2D eigenvalue weighted by Gasteiger charge is 2.28. The second-order valence-corrected chi connectivity index (χ2v) is 9.88. The molecule has 6 nitrogen and oxygen atoms in total. The molecule has 8 heteroatoms. The third-order valence-electron chi connectivity index (χ3n) is 5.34. The van der Waals surface area contributed by atoms with Crippen LogP contribution in [0.25, 0.3) is 0 Å². The number of anilines is 1. The Bertz CT molecular complexity index is 1030. The van der Waals surface area contributed by atoms with Crippen molar-refractivity contribution in [2.24, 2.45) is 0 Å². The van der Waals surface area contributed by atoms with Crippen LogP contribution in [0, 0.1) is 0 Å². The molecule has 1 aliphatic heterocycles. The Hall–Kier alpha value is -2.13. The number of nitrogens with one attached hydrogen (secondary N) is 1. The summed E-state index contributed by atoms with van der Waals surface area (Å²) in [5.41, 5.74) is 1.21. The third-order valence-corrected chi connectivity index (χ3v) is 7.31. The maximum Gasteiger partial charge on any atom is 0.240 e. The number of hydrogen-bond donors (Lipinski definition) is 1. The van der Waals surface area contributed by atoms with Gasteiger partial charge in [-0.1, -0.05) is 34.1 Å². The fourth-order valence-corrected chi connectivity index (χ4v) is 5.01. The van der Waals surface area contributed by atoms with Gasteiger partial charge in [0, 0.05) is 42.9 Å². The second kappa shape index (κ2) is 9.34. The van der Waals surface area contributed by atoms with Crippen molar-refractivity contribution in [3.63, 3.8) is 0 Å². The summed E-state index contributed by atoms with van der Waals surface area (Å²) in [6.07, 6.45) is 1.63. The Balaban J connectivity index is 1.45. The van der Waals surface area contributed by atoms with Gasteiger partial charge < -0.3 is 9.32 Å². The average molecular weight is 490 g/mol. The number of halogens is 1. The summed E-state index contributed by atoms with van der Waals surface area (Å²) in [6.45, 7) is 3.64. The monoisotopic (exact) mass is 489 g/mol. The molecule has 0 saturated carbocycles. The zero-order chi connectivity index (χ0) is 21.0. The molecule has 2 aromatic carbocycles. The molecule has 0 amide bonds. The van der Waals surface area contributed by atoms with Crippen LogP contribution < -0.4 is 9.62 Å². The van der Waals surface area contributed by atoms with Crippen molar-refractivity contribution in [2.45, 2.75) is 10.9 Å². The van der Waals surface area contributed by atoms with Gasteiger partial charge >= 0.3 is 0 Å². The Morgan fingerprint density at radius 3 is 2.27 bits per heavy atom. The molecular formula is C22H24BrN3O3S. The summed E-state index contributed by atoms with van der Waals surface area (Å²) in [4.78, 5) is 4.88. The van der Waals surface area contributed by atoms with E-state index in [1.165, 1.54) is 5.69 Å². The Morgan fingerprint density at radius 2 is 1.63 bits per heavy atom. The topological polar surface area (TPSA) is 65.8 Å². The molecule has 158 valence electrons. The van der Waals surface area contributed by atoms with E-state index < -0.39 is 10.0 Å². The van der Waals surface area contributed by atoms with Gasteiger partial charge in [0.15, 0.2) is 0 Å². The van der Waals surface area contributed by atoms with E-state index in [2.05, 4.69) is 42.6 Å². The summed E-state index contributed by atoms with van der Waals surface area (Å²) < 4.78 is 34.8. The lowest BCUT2D eigenvalue weighted by atomic mass is 10.1. The van der Waals surface area contributed by atoms with Gasteiger partial charge in [0.25, 0.3) is 0 Å². The molecule has 30 heavy (non-hydrogen) atoms. The number of sulfonamides is 1. The minimum atomic E-state index is -3.61. The van der Waals surface area contributed by atoms with Gasteiger partial charge in [-0.15, -0.1) is 0 Å². The van der Waals surface area contributed by atoms with Gasteiger partial charge in [0.2, 0.25) is 10.0 Å². The largest absolute Gasteiger partial charge is 0.468 e. The van der Waals surface area contributed by atoms with Crippen LogP contribution in [-0.2, 0) is 10.0 Å². The number of para-hydroxylation sites is 1. The molecule has 1 atom stereocenters. The van der Waals surface area contributed by atoms with Crippen LogP contribution in [0.1, 0.15) is 11.8 Å². The van der Waals surface area contributed by atoms with E-state index in [-0.39, 0.29) is 17.5 Å². The van der Waals surface area contributed by atoms with Crippen LogP contribution in [0.3, 0.4) is 0 Å². The molecule has 1 saturated heterocycles. The number of benzene rings is 2. The highest BCUT2D eigenvalue weighted by atomic mass is 79.9. The van der Waals surface area contributed by atoms with Crippen molar-refractivity contribution in [2.75, 3.05) is 37.6 Å². The van der Waals surface area contributed by atoms with Crippen LogP contribution in [0.4, 0.5) is 5.69 Å². The van der Waals surface area contributed by atoms with Crippen molar-refractivity contribution in [3.8, 4) is 0 Å². The maximum absolute atomic E-state index is 12.8. The van der Waals surface area contributed by atoms with Gasteiger partial charge in [0.05, 0.1) is 17.2 Å². The molecule has 0 radical (unpaired) electrons. The molecular weight excluding hydrogens is 466 g/mol. The Kier molecular flexibility index (Phi) is 6.58. The summed E-state index contributed by atoms with van der Waals surface area (Å²) >= 11 is 3.34. The van der Waals surface area contributed by atoms with E-state index in [4.69, 9.17) is 4.42 Å². The minimum Gasteiger partial charge on any atom is -0.468 e. The number of furan rings is 1. The molecule has 3 aromatic rings. The Labute approximate surface area is 185 Å². The first-order chi connectivity index (χ1) is 14.5. The van der Waals surface area contributed by atoms with E-state index in [0.717, 1.165) is 36.4 Å². The van der Waals surface area contributed by atoms with E-state index in [0.29, 0.717) is 0 Å². The van der Waals surface area contributed by atoms with E-state index in [1.54, 1.807) is 30.5 Å². The van der Waals surface area contributed by atoms with E-state index in [1.807, 2.05) is 30.3 Å². The molecule has 0 unspecified atom stereocenters. The molecule has 2 heterocycles. The number of piperazine rings is 1. The number of rotatable bonds is 7. The quantitative estimate of drug-likeness (QED) is 0.545. The highest BCUT2D eigenvalue weighted by molar-refractivity contribution is 9.10. The summed E-state index contributed by atoms with van der Waals surface area (Å²) in [5, 5.41) is 0. The van der Waals surface area contributed by atoms with Gasteiger partial charge in [-0.3, -0.25) is 4.90 Å². The lowest BCUT2D eigenvalue weighted by molar-refractivity contribution is 0.166. The van der Waals surface area contributed by atoms with Gasteiger partial charge in [0.1, 0.15) is 5.76 Å². The van der Waals surface area contributed by atoms with Gasteiger partial charge in [-0.25, -0.2) is 13.1 Å². The Morgan fingerprint density at radius 1 is 0.933 bits per heavy atom. The predicted octanol–water partition coefficient (Wildman–Crippen LogP) is 3.88. The van der Waals surface area contributed by atoms with Crippen molar-refractivity contribution < 1.29 is 12.8 Å². The predicted molar refractivity (Wildman–Crippen MR) is 121 cm³/mol. The number of hydrogen-bond acceptors (Lipinski definition) is 5. The van der Waals surface area contributed by atoms with Crippen molar-refractivity contribution in [1.82, 2.24) is 9.62 Å². The lowest BCUT2D eigenvalue weighted by Crippen LogP contribution is -2.49. The molecule has 0 bridgehead atoms. The van der Waals surface area contributed by atoms with E-state index in [9.17, 15) is 8.42 Å².